The van der Waals surface area contributed by atoms with Gasteiger partial charge in [0.2, 0.25) is 0 Å². The van der Waals surface area contributed by atoms with Crippen molar-refractivity contribution in [3.05, 3.63) is 54.1 Å². The number of nitrogens with one attached hydrogen (secondary N) is 2. The van der Waals surface area contributed by atoms with Crippen molar-refractivity contribution in [3.8, 4) is 11.5 Å². The van der Waals surface area contributed by atoms with E-state index in [4.69, 9.17) is 4.74 Å². The van der Waals surface area contributed by atoms with Crippen LogP contribution >= 0.6 is 0 Å². The number of hydrogen-bond acceptors (Lipinski definition) is 4. The summed E-state index contributed by atoms with van der Waals surface area (Å²) in [6.45, 7) is 0.596. The number of para-hydroxylation sites is 1. The summed E-state index contributed by atoms with van der Waals surface area (Å²) < 4.78 is 5.20. The van der Waals surface area contributed by atoms with Gasteiger partial charge < -0.3 is 15.3 Å². The summed E-state index contributed by atoms with van der Waals surface area (Å²) in [7, 11) is 1.59. The van der Waals surface area contributed by atoms with Crippen LogP contribution in [0.3, 0.4) is 0 Å². The lowest BCUT2D eigenvalue weighted by Gasteiger charge is -2.11. The highest BCUT2D eigenvalue weighted by atomic mass is 16.5. The Morgan fingerprint density at radius 1 is 1.11 bits per heavy atom. The number of phenolic OH excluding ortho intramolecular Hbond substituents is 1. The number of rotatable bonds is 5. The quantitative estimate of drug-likeness (QED) is 0.707. The molecule has 0 aliphatic heterocycles. The van der Waals surface area contributed by atoms with Crippen molar-refractivity contribution in [1.82, 2.24) is 5.43 Å². The smallest absolute Gasteiger partial charge is 0.127 e. The molecule has 2 aromatic carbocycles. The minimum atomic E-state index is 0.201. The van der Waals surface area contributed by atoms with Gasteiger partial charge in [-0.05, 0) is 18.2 Å². The Balaban J connectivity index is 1.94. The van der Waals surface area contributed by atoms with E-state index in [0.29, 0.717) is 12.3 Å². The van der Waals surface area contributed by atoms with Crippen molar-refractivity contribution in [2.75, 3.05) is 12.5 Å². The van der Waals surface area contributed by atoms with Crippen LogP contribution in [0, 0.1) is 0 Å². The van der Waals surface area contributed by atoms with Crippen molar-refractivity contribution in [2.24, 2.45) is 0 Å². The van der Waals surface area contributed by atoms with Gasteiger partial charge in [0.15, 0.2) is 0 Å². The van der Waals surface area contributed by atoms with E-state index in [0.717, 1.165) is 11.3 Å². The monoisotopic (exact) mass is 244 g/mol. The first-order valence-corrected chi connectivity index (χ1v) is 5.69. The minimum Gasteiger partial charge on any atom is -0.508 e. The maximum absolute atomic E-state index is 9.36. The van der Waals surface area contributed by atoms with Crippen LogP contribution in [0.4, 0.5) is 5.69 Å². The van der Waals surface area contributed by atoms with E-state index in [9.17, 15) is 5.11 Å². The topological polar surface area (TPSA) is 53.5 Å². The second-order valence-corrected chi connectivity index (χ2v) is 3.84. The molecule has 2 aromatic rings. The number of phenols is 1. The predicted octanol–water partition coefficient (Wildman–Crippen LogP) is 2.52. The summed E-state index contributed by atoms with van der Waals surface area (Å²) in [6.07, 6.45) is 0. The van der Waals surface area contributed by atoms with Gasteiger partial charge in [-0.3, -0.25) is 0 Å². The molecule has 0 radical (unpaired) electrons. The zero-order chi connectivity index (χ0) is 12.8. The molecular formula is C14H16N2O2. The predicted molar refractivity (Wildman–Crippen MR) is 71.6 cm³/mol. The van der Waals surface area contributed by atoms with Crippen LogP contribution in [0.5, 0.6) is 11.5 Å². The lowest BCUT2D eigenvalue weighted by Crippen LogP contribution is -2.21. The number of ether oxygens (including phenoxy) is 1. The normalized spacial score (nSPS) is 10.1. The third-order valence-corrected chi connectivity index (χ3v) is 2.56. The van der Waals surface area contributed by atoms with Gasteiger partial charge in [0.05, 0.1) is 7.11 Å². The van der Waals surface area contributed by atoms with Crippen LogP contribution in [0.15, 0.2) is 48.5 Å². The molecule has 0 unspecified atom stereocenters. The number of methoxy groups -OCH3 is 1. The fourth-order valence-electron chi connectivity index (χ4n) is 1.64. The van der Waals surface area contributed by atoms with Gasteiger partial charge in [0.25, 0.3) is 0 Å². The molecule has 0 spiro atoms. The van der Waals surface area contributed by atoms with E-state index >= 15 is 0 Å². The fraction of sp³-hybridized carbons (Fsp3) is 0.143. The van der Waals surface area contributed by atoms with Crippen molar-refractivity contribution in [3.63, 3.8) is 0 Å². The van der Waals surface area contributed by atoms with Gasteiger partial charge in [-0.15, -0.1) is 0 Å². The van der Waals surface area contributed by atoms with Crippen LogP contribution in [-0.4, -0.2) is 12.2 Å². The Bertz CT molecular complexity index is 500. The van der Waals surface area contributed by atoms with E-state index in [1.165, 1.54) is 0 Å². The molecule has 4 heteroatoms. The van der Waals surface area contributed by atoms with E-state index in [1.807, 2.05) is 36.4 Å². The van der Waals surface area contributed by atoms with Crippen LogP contribution in [0.2, 0.25) is 0 Å². The van der Waals surface area contributed by atoms with Crippen LogP contribution in [0.25, 0.3) is 0 Å². The van der Waals surface area contributed by atoms with Crippen molar-refractivity contribution < 1.29 is 9.84 Å². The molecule has 3 N–H and O–H groups in total. The van der Waals surface area contributed by atoms with Crippen molar-refractivity contribution in [1.29, 1.82) is 0 Å². The fourth-order valence-corrected chi connectivity index (χ4v) is 1.64. The molecule has 0 aliphatic rings. The highest BCUT2D eigenvalue weighted by molar-refractivity contribution is 5.42. The molecule has 4 nitrogen and oxygen atoms in total. The van der Waals surface area contributed by atoms with E-state index in [2.05, 4.69) is 10.9 Å². The first-order valence-electron chi connectivity index (χ1n) is 5.69. The number of hydrogen-bond donors (Lipinski definition) is 3. The molecule has 0 heterocycles. The summed E-state index contributed by atoms with van der Waals surface area (Å²) >= 11 is 0. The summed E-state index contributed by atoms with van der Waals surface area (Å²) in [6, 6.07) is 14.9. The van der Waals surface area contributed by atoms with Gasteiger partial charge in [-0.2, -0.15) is 0 Å². The Hall–Kier alpha value is -2.20. The van der Waals surface area contributed by atoms with E-state index < -0.39 is 0 Å². The highest BCUT2D eigenvalue weighted by Gasteiger charge is 2.03. The second-order valence-electron chi connectivity index (χ2n) is 3.84. The molecular weight excluding hydrogens is 228 g/mol. The largest absolute Gasteiger partial charge is 0.508 e. The zero-order valence-electron chi connectivity index (χ0n) is 10.2. The number of hydrazine groups is 1. The molecule has 0 saturated carbocycles. The molecule has 0 aliphatic carbocycles. The highest BCUT2D eigenvalue weighted by Crippen LogP contribution is 2.23. The molecule has 94 valence electrons. The second kappa shape index (κ2) is 5.93. The van der Waals surface area contributed by atoms with Gasteiger partial charge in [-0.1, -0.05) is 24.3 Å². The molecule has 0 fully saturated rings. The summed E-state index contributed by atoms with van der Waals surface area (Å²) in [5.74, 6) is 0.865. The maximum atomic E-state index is 9.36. The summed E-state index contributed by atoms with van der Waals surface area (Å²) in [5, 5.41) is 9.36. The number of anilines is 1. The lowest BCUT2D eigenvalue weighted by atomic mass is 10.2. The minimum absolute atomic E-state index is 0.201. The molecule has 18 heavy (non-hydrogen) atoms. The van der Waals surface area contributed by atoms with Crippen molar-refractivity contribution >= 4 is 5.69 Å². The average Bonchev–Trinajstić information content (AvgIpc) is 2.41. The first-order chi connectivity index (χ1) is 8.79. The third-order valence-electron chi connectivity index (χ3n) is 2.56. The molecule has 0 atom stereocenters. The SMILES string of the molecule is COc1cc(O)ccc1CNNc1ccccc1. The maximum Gasteiger partial charge on any atom is 0.127 e. The van der Waals surface area contributed by atoms with E-state index in [-0.39, 0.29) is 5.75 Å². The Kier molecular flexibility index (Phi) is 4.04. The number of benzene rings is 2. The number of aromatic hydroxyl groups is 1. The van der Waals surface area contributed by atoms with Gasteiger partial charge in [-0.25, -0.2) is 5.43 Å². The molecule has 0 saturated heterocycles. The Morgan fingerprint density at radius 2 is 1.89 bits per heavy atom. The zero-order valence-corrected chi connectivity index (χ0v) is 10.2. The molecule has 0 aromatic heterocycles. The first kappa shape index (κ1) is 12.3. The Morgan fingerprint density at radius 3 is 2.61 bits per heavy atom. The third kappa shape index (κ3) is 3.15. The molecule has 0 amide bonds. The van der Waals surface area contributed by atoms with Crippen LogP contribution < -0.4 is 15.6 Å². The molecule has 2 rings (SSSR count). The van der Waals surface area contributed by atoms with Gasteiger partial charge >= 0.3 is 0 Å². The van der Waals surface area contributed by atoms with Crippen LogP contribution in [0.1, 0.15) is 5.56 Å². The molecule has 0 bridgehead atoms. The summed E-state index contributed by atoms with van der Waals surface area (Å²) in [5.41, 5.74) is 8.16. The standard InChI is InChI=1S/C14H16N2O2/c1-18-14-9-13(17)8-7-11(14)10-15-16-12-5-3-2-4-6-12/h2-9,15-17H,10H2,1H3. The average molecular weight is 244 g/mol. The van der Waals surface area contributed by atoms with Gasteiger partial charge in [0, 0.05) is 23.9 Å². The van der Waals surface area contributed by atoms with E-state index in [1.54, 1.807) is 19.2 Å². The van der Waals surface area contributed by atoms with Gasteiger partial charge in [0.1, 0.15) is 11.5 Å². The van der Waals surface area contributed by atoms with Crippen molar-refractivity contribution in [2.45, 2.75) is 6.54 Å². The van der Waals surface area contributed by atoms with Crippen LogP contribution in [-0.2, 0) is 6.54 Å². The lowest BCUT2D eigenvalue weighted by molar-refractivity contribution is 0.401. The summed E-state index contributed by atoms with van der Waals surface area (Å²) in [4.78, 5) is 0. The Labute approximate surface area is 106 Å².